The molecular weight excluding hydrogens is 340 g/mol. The van der Waals surface area contributed by atoms with E-state index in [4.69, 9.17) is 0 Å². The third-order valence-electron chi connectivity index (χ3n) is 5.17. The van der Waals surface area contributed by atoms with Crippen molar-refractivity contribution in [3.8, 4) is 0 Å². The molecule has 1 N–H and O–H groups in total. The third-order valence-corrected chi connectivity index (χ3v) is 6.11. The van der Waals surface area contributed by atoms with Crippen LogP contribution >= 0.6 is 0 Å². The van der Waals surface area contributed by atoms with Crippen LogP contribution in [-0.2, 0) is 17.3 Å². The molecule has 0 saturated heterocycles. The monoisotopic (exact) mass is 364 g/mol. The van der Waals surface area contributed by atoms with E-state index >= 15 is 0 Å². The molecule has 1 aromatic heterocycles. The van der Waals surface area contributed by atoms with Crippen LogP contribution in [0.1, 0.15) is 23.2 Å². The molecule has 2 aromatic carbocycles. The normalized spacial score (nSPS) is 16.6. The molecule has 0 amide bonds. The maximum atomic E-state index is 11.5. The molecule has 4 rings (SSSR count). The Morgan fingerprint density at radius 1 is 1.12 bits per heavy atom. The van der Waals surface area contributed by atoms with Crippen LogP contribution < -0.4 is 0 Å². The van der Waals surface area contributed by atoms with E-state index in [0.29, 0.717) is 0 Å². The third kappa shape index (κ3) is 3.39. The Labute approximate surface area is 157 Å². The van der Waals surface area contributed by atoms with E-state index in [1.165, 1.54) is 33.3 Å². The van der Waals surface area contributed by atoms with E-state index in [-0.39, 0.29) is 0 Å². The number of fused-ring (bicyclic) bond motifs is 1. The molecule has 1 aliphatic rings. The minimum absolute atomic E-state index is 0.893. The summed E-state index contributed by atoms with van der Waals surface area (Å²) in [4.78, 5) is 6.87. The Bertz CT molecular complexity index is 985. The van der Waals surface area contributed by atoms with Gasteiger partial charge in [0.25, 0.3) is 0 Å². The van der Waals surface area contributed by atoms with E-state index in [2.05, 4.69) is 59.3 Å². The van der Waals surface area contributed by atoms with Crippen LogP contribution in [0.15, 0.2) is 59.5 Å². The van der Waals surface area contributed by atoms with Crippen LogP contribution in [0, 0.1) is 6.92 Å². The van der Waals surface area contributed by atoms with Crippen LogP contribution in [-0.4, -0.2) is 33.4 Å². The number of hydrogen-bond donors (Lipinski definition) is 1. The molecule has 0 unspecified atom stereocenters. The quantitative estimate of drug-likeness (QED) is 0.740. The molecule has 2 heterocycles. The first-order valence-corrected chi connectivity index (χ1v) is 10.6. The molecule has 4 heteroatoms. The topological polar surface area (TPSA) is 36.1 Å². The zero-order chi connectivity index (χ0) is 18.1. The smallest absolute Gasteiger partial charge is 0.0498 e. The summed E-state index contributed by atoms with van der Waals surface area (Å²) in [5.74, 6) is 0. The van der Waals surface area contributed by atoms with E-state index in [0.717, 1.165) is 31.0 Å². The van der Waals surface area contributed by atoms with Crippen molar-refractivity contribution >= 4 is 27.3 Å². The summed E-state index contributed by atoms with van der Waals surface area (Å²) in [5, 5.41) is 1.33. The molecule has 0 radical (unpaired) electrons. The number of aromatic amines is 1. The second-order valence-corrected chi connectivity index (χ2v) is 8.36. The van der Waals surface area contributed by atoms with Gasteiger partial charge in [-0.3, -0.25) is 9.11 Å². The summed E-state index contributed by atoms with van der Waals surface area (Å²) in [6.45, 7) is 5.14. The van der Waals surface area contributed by atoms with E-state index in [1.807, 2.05) is 12.1 Å². The van der Waals surface area contributed by atoms with E-state index < -0.39 is 10.8 Å². The fourth-order valence-electron chi connectivity index (χ4n) is 3.82. The molecule has 3 nitrogen and oxygen atoms in total. The van der Waals surface area contributed by atoms with Crippen molar-refractivity contribution in [1.82, 2.24) is 9.88 Å². The number of para-hydroxylation sites is 1. The Hall–Kier alpha value is -2.17. The lowest BCUT2D eigenvalue weighted by Crippen LogP contribution is -2.28. The fraction of sp³-hybridized carbons (Fsp3) is 0.273. The van der Waals surface area contributed by atoms with Gasteiger partial charge in [-0.15, -0.1) is 0 Å². The number of nitrogens with one attached hydrogen (secondary N) is 1. The lowest BCUT2D eigenvalue weighted by molar-refractivity contribution is 0.294. The van der Waals surface area contributed by atoms with Gasteiger partial charge >= 0.3 is 0 Å². The first kappa shape index (κ1) is 17.3. The number of rotatable bonds is 4. The summed E-state index contributed by atoms with van der Waals surface area (Å²) in [6.07, 6.45) is 5.17. The van der Waals surface area contributed by atoms with Crippen molar-refractivity contribution in [2.45, 2.75) is 24.8 Å². The zero-order valence-electron chi connectivity index (χ0n) is 15.3. The van der Waals surface area contributed by atoms with Gasteiger partial charge < -0.3 is 4.98 Å². The van der Waals surface area contributed by atoms with Gasteiger partial charge in [0.15, 0.2) is 0 Å². The van der Waals surface area contributed by atoms with Gasteiger partial charge in [0.2, 0.25) is 0 Å². The molecule has 0 saturated carbocycles. The van der Waals surface area contributed by atoms with Gasteiger partial charge in [0.1, 0.15) is 0 Å². The Balaban J connectivity index is 1.49. The van der Waals surface area contributed by atoms with Crippen molar-refractivity contribution < 1.29 is 4.21 Å². The molecule has 3 aromatic rings. The lowest BCUT2D eigenvalue weighted by atomic mass is 9.96. The molecule has 26 heavy (non-hydrogen) atoms. The van der Waals surface area contributed by atoms with Crippen molar-refractivity contribution in [3.63, 3.8) is 0 Å². The van der Waals surface area contributed by atoms with Crippen LogP contribution in [0.3, 0.4) is 0 Å². The summed E-state index contributed by atoms with van der Waals surface area (Å²) in [5.41, 5.74) is 6.59. The summed E-state index contributed by atoms with van der Waals surface area (Å²) in [6, 6.07) is 16.7. The molecular formula is C22H24N2OS. The maximum Gasteiger partial charge on any atom is 0.0498 e. The van der Waals surface area contributed by atoms with Crippen LogP contribution in [0.25, 0.3) is 16.5 Å². The highest BCUT2D eigenvalue weighted by molar-refractivity contribution is 7.84. The number of aromatic nitrogens is 1. The van der Waals surface area contributed by atoms with Gasteiger partial charge in [-0.25, -0.2) is 0 Å². The van der Waals surface area contributed by atoms with Crippen molar-refractivity contribution in [1.29, 1.82) is 0 Å². The SMILES string of the molecule is Cc1[nH]c2ccccc2c1C1=CCN(Cc2ccc([S@@](C)=O)cc2)CC1. The average molecular weight is 365 g/mol. The summed E-state index contributed by atoms with van der Waals surface area (Å²) >= 11 is 0. The van der Waals surface area contributed by atoms with Gasteiger partial charge in [0, 0.05) is 63.7 Å². The average Bonchev–Trinajstić information content (AvgIpc) is 2.99. The zero-order valence-corrected chi connectivity index (χ0v) is 16.1. The molecule has 0 spiro atoms. The molecule has 1 atom stereocenters. The van der Waals surface area contributed by atoms with Crippen LogP contribution in [0.2, 0.25) is 0 Å². The number of H-pyrrole nitrogens is 1. The number of hydrogen-bond acceptors (Lipinski definition) is 2. The highest BCUT2D eigenvalue weighted by Crippen LogP contribution is 2.32. The Morgan fingerprint density at radius 2 is 1.88 bits per heavy atom. The Kier molecular flexibility index (Phi) is 4.79. The van der Waals surface area contributed by atoms with Gasteiger partial charge in [-0.05, 0) is 42.7 Å². The van der Waals surface area contributed by atoms with Crippen molar-refractivity contribution in [2.75, 3.05) is 19.3 Å². The minimum Gasteiger partial charge on any atom is -0.358 e. The highest BCUT2D eigenvalue weighted by Gasteiger charge is 2.17. The fourth-order valence-corrected chi connectivity index (χ4v) is 4.34. The first-order chi connectivity index (χ1) is 12.6. The highest BCUT2D eigenvalue weighted by atomic mass is 32.2. The number of aryl methyl sites for hydroxylation is 1. The second-order valence-electron chi connectivity index (χ2n) is 6.98. The molecule has 0 fully saturated rings. The standard InChI is InChI=1S/C22H24N2OS/c1-16-22(20-5-3-4-6-21(20)23-16)18-11-13-24(14-12-18)15-17-7-9-19(10-8-17)26(2)25/h3-11,23H,12-15H2,1-2H3/t26-/m1/s1. The van der Waals surface area contributed by atoms with Crippen LogP contribution in [0.4, 0.5) is 0 Å². The predicted octanol–water partition coefficient (Wildman–Crippen LogP) is 4.50. The van der Waals surface area contributed by atoms with Gasteiger partial charge in [0.05, 0.1) is 0 Å². The minimum atomic E-state index is -0.906. The molecule has 1 aliphatic heterocycles. The van der Waals surface area contributed by atoms with Crippen molar-refractivity contribution in [2.24, 2.45) is 0 Å². The molecule has 0 aliphatic carbocycles. The first-order valence-electron chi connectivity index (χ1n) is 9.03. The number of nitrogens with zero attached hydrogens (tertiary/aromatic N) is 1. The molecule has 134 valence electrons. The van der Waals surface area contributed by atoms with Gasteiger partial charge in [-0.1, -0.05) is 36.4 Å². The van der Waals surface area contributed by atoms with Crippen molar-refractivity contribution in [3.05, 3.63) is 71.4 Å². The lowest BCUT2D eigenvalue weighted by Gasteiger charge is -2.26. The molecule has 0 bridgehead atoms. The van der Waals surface area contributed by atoms with Crippen LogP contribution in [0.5, 0.6) is 0 Å². The maximum absolute atomic E-state index is 11.5. The second kappa shape index (κ2) is 7.22. The predicted molar refractivity (Wildman–Crippen MR) is 110 cm³/mol. The summed E-state index contributed by atoms with van der Waals surface area (Å²) < 4.78 is 11.5. The number of benzene rings is 2. The van der Waals surface area contributed by atoms with Gasteiger partial charge in [-0.2, -0.15) is 0 Å². The van der Waals surface area contributed by atoms with E-state index in [1.54, 1.807) is 6.26 Å². The largest absolute Gasteiger partial charge is 0.358 e. The van der Waals surface area contributed by atoms with E-state index in [9.17, 15) is 4.21 Å². The Morgan fingerprint density at radius 3 is 2.58 bits per heavy atom. The summed E-state index contributed by atoms with van der Waals surface area (Å²) in [7, 11) is -0.906.